The molecular weight excluding hydrogens is 506 g/mol. The van der Waals surface area contributed by atoms with Crippen LogP contribution in [0.1, 0.15) is 97.0 Å². The first kappa shape index (κ1) is 33.9. The van der Waals surface area contributed by atoms with Crippen LogP contribution in [0.15, 0.2) is 24.3 Å². The lowest BCUT2D eigenvalue weighted by atomic mass is 9.96. The van der Waals surface area contributed by atoms with Crippen LogP contribution in [0.2, 0.25) is 0 Å². The molecule has 1 aromatic rings. The molecule has 0 bridgehead atoms. The Morgan fingerprint density at radius 3 is 2.32 bits per heavy atom. The summed E-state index contributed by atoms with van der Waals surface area (Å²) < 4.78 is 25.3. The van der Waals surface area contributed by atoms with E-state index < -0.39 is 10.0 Å². The minimum absolute atomic E-state index is 0. The second-order valence-corrected chi connectivity index (χ2v) is 12.8. The molecule has 0 radical (unpaired) electrons. The summed E-state index contributed by atoms with van der Waals surface area (Å²) in [6.07, 6.45) is 14.3. The fourth-order valence-corrected chi connectivity index (χ4v) is 6.12. The second-order valence-electron chi connectivity index (χ2n) is 10.8. The van der Waals surface area contributed by atoms with Gasteiger partial charge in [-0.1, -0.05) is 64.5 Å². The third kappa shape index (κ3) is 13.5. The first-order valence-electron chi connectivity index (χ1n) is 14.3. The topological polar surface area (TPSA) is 69.7 Å². The third-order valence-corrected chi connectivity index (χ3v) is 8.72. The summed E-state index contributed by atoms with van der Waals surface area (Å²) >= 11 is 0. The Morgan fingerprint density at radius 1 is 1.05 bits per heavy atom. The SMILES string of the molecule is CCCCCCCCCC(=O)Nc1cccc(CC(C)N(CCC)CC2CCN(S(C)(=O)=O)CC2)c1.Cl. The number of halogens is 1. The van der Waals surface area contributed by atoms with Crippen molar-refractivity contribution in [2.45, 2.75) is 104 Å². The van der Waals surface area contributed by atoms with E-state index in [1.165, 1.54) is 43.9 Å². The molecule has 0 saturated carbocycles. The van der Waals surface area contributed by atoms with Crippen LogP contribution in [0.4, 0.5) is 5.69 Å². The van der Waals surface area contributed by atoms with Crippen molar-refractivity contribution < 1.29 is 13.2 Å². The molecule has 1 unspecified atom stereocenters. The number of carbonyl (C=O) groups excluding carboxylic acids is 1. The van der Waals surface area contributed by atoms with Gasteiger partial charge in [-0.25, -0.2) is 12.7 Å². The van der Waals surface area contributed by atoms with E-state index in [0.29, 0.717) is 31.5 Å². The Bertz CT molecular complexity index is 873. The lowest BCUT2D eigenvalue weighted by Gasteiger charge is -2.36. The predicted molar refractivity (Wildman–Crippen MR) is 159 cm³/mol. The highest BCUT2D eigenvalue weighted by atomic mass is 35.5. The summed E-state index contributed by atoms with van der Waals surface area (Å²) in [6.45, 7) is 10.1. The molecule has 1 atom stereocenters. The van der Waals surface area contributed by atoms with E-state index in [4.69, 9.17) is 0 Å². The standard InChI is InChI=1S/C29H51N3O3S.ClH/c1-5-7-8-9-10-11-12-16-29(33)30-28-15-13-14-27(23-28)22-25(3)31(19-6-2)24-26-17-20-32(21-18-26)36(4,34)35;/h13-15,23,25-26H,5-12,16-22,24H2,1-4H3,(H,30,33);1H. The summed E-state index contributed by atoms with van der Waals surface area (Å²) in [6, 6.07) is 8.68. The molecule has 0 spiro atoms. The Kier molecular flexibility index (Phi) is 16.7. The molecule has 1 fully saturated rings. The quantitative estimate of drug-likeness (QED) is 0.222. The lowest BCUT2D eigenvalue weighted by molar-refractivity contribution is -0.116. The minimum atomic E-state index is -3.08. The van der Waals surface area contributed by atoms with Crippen molar-refractivity contribution in [3.8, 4) is 0 Å². The van der Waals surface area contributed by atoms with Crippen LogP contribution in [0.25, 0.3) is 0 Å². The van der Waals surface area contributed by atoms with Gasteiger partial charge in [-0.2, -0.15) is 0 Å². The zero-order valence-corrected chi connectivity index (χ0v) is 25.3. The van der Waals surface area contributed by atoms with Gasteiger partial charge in [0, 0.05) is 37.8 Å². The van der Waals surface area contributed by atoms with E-state index in [2.05, 4.69) is 43.1 Å². The summed E-state index contributed by atoms with van der Waals surface area (Å²) in [5.74, 6) is 0.649. The van der Waals surface area contributed by atoms with Crippen LogP contribution >= 0.6 is 12.4 Å². The Hall–Kier alpha value is -1.15. The number of nitrogens with zero attached hydrogens (tertiary/aromatic N) is 2. The largest absolute Gasteiger partial charge is 0.326 e. The van der Waals surface area contributed by atoms with Gasteiger partial charge >= 0.3 is 0 Å². The normalized spacial score (nSPS) is 15.9. The summed E-state index contributed by atoms with van der Waals surface area (Å²) in [4.78, 5) is 15.0. The monoisotopic (exact) mass is 557 g/mol. The van der Waals surface area contributed by atoms with Crippen LogP contribution in [0, 0.1) is 5.92 Å². The van der Waals surface area contributed by atoms with Crippen molar-refractivity contribution in [2.24, 2.45) is 5.92 Å². The second kappa shape index (κ2) is 18.2. The summed E-state index contributed by atoms with van der Waals surface area (Å²) in [5, 5.41) is 3.10. The molecule has 1 N–H and O–H groups in total. The lowest BCUT2D eigenvalue weighted by Crippen LogP contribution is -2.44. The van der Waals surface area contributed by atoms with Gasteiger partial charge in [0.05, 0.1) is 6.26 Å². The number of benzene rings is 1. The zero-order valence-electron chi connectivity index (χ0n) is 23.7. The van der Waals surface area contributed by atoms with Crippen molar-refractivity contribution in [1.82, 2.24) is 9.21 Å². The number of sulfonamides is 1. The summed E-state index contributed by atoms with van der Waals surface area (Å²) in [5.41, 5.74) is 2.13. The zero-order chi connectivity index (χ0) is 26.4. The van der Waals surface area contributed by atoms with E-state index >= 15 is 0 Å². The van der Waals surface area contributed by atoms with Gasteiger partial charge in [0.25, 0.3) is 0 Å². The van der Waals surface area contributed by atoms with Gasteiger partial charge in [0.2, 0.25) is 15.9 Å². The molecular formula is C29H52ClN3O3S. The maximum atomic E-state index is 12.4. The molecule has 8 heteroatoms. The first-order valence-corrected chi connectivity index (χ1v) is 16.2. The third-order valence-electron chi connectivity index (χ3n) is 7.42. The van der Waals surface area contributed by atoms with Crippen molar-refractivity contribution in [2.75, 3.05) is 37.8 Å². The fourth-order valence-electron chi connectivity index (χ4n) is 5.25. The highest BCUT2D eigenvalue weighted by Gasteiger charge is 2.27. The van der Waals surface area contributed by atoms with E-state index in [-0.39, 0.29) is 18.3 Å². The number of amides is 1. The van der Waals surface area contributed by atoms with E-state index in [1.807, 2.05) is 12.1 Å². The van der Waals surface area contributed by atoms with Crippen LogP contribution in [0.5, 0.6) is 0 Å². The number of hydrogen-bond donors (Lipinski definition) is 1. The predicted octanol–water partition coefficient (Wildman–Crippen LogP) is 6.50. The van der Waals surface area contributed by atoms with Crippen molar-refractivity contribution >= 4 is 34.0 Å². The Labute approximate surface area is 233 Å². The van der Waals surface area contributed by atoms with Crippen molar-refractivity contribution in [3.63, 3.8) is 0 Å². The maximum Gasteiger partial charge on any atom is 0.224 e. The molecule has 1 heterocycles. The molecule has 6 nitrogen and oxygen atoms in total. The Balaban J connectivity index is 0.00000684. The number of piperidine rings is 1. The number of carbonyl (C=O) groups is 1. The molecule has 1 aliphatic heterocycles. The van der Waals surface area contributed by atoms with E-state index in [0.717, 1.165) is 57.3 Å². The van der Waals surface area contributed by atoms with Gasteiger partial charge in [-0.3, -0.25) is 4.79 Å². The summed E-state index contributed by atoms with van der Waals surface area (Å²) in [7, 11) is -3.08. The van der Waals surface area contributed by atoms with Gasteiger partial charge < -0.3 is 10.2 Å². The number of anilines is 1. The van der Waals surface area contributed by atoms with Crippen LogP contribution < -0.4 is 5.32 Å². The molecule has 214 valence electrons. The highest BCUT2D eigenvalue weighted by Crippen LogP contribution is 2.23. The molecule has 2 rings (SSSR count). The minimum Gasteiger partial charge on any atom is -0.326 e. The molecule has 1 aromatic carbocycles. The number of unbranched alkanes of at least 4 members (excludes halogenated alkanes) is 6. The molecule has 1 aliphatic rings. The highest BCUT2D eigenvalue weighted by molar-refractivity contribution is 7.88. The number of hydrogen-bond acceptors (Lipinski definition) is 4. The average Bonchev–Trinajstić information content (AvgIpc) is 2.83. The van der Waals surface area contributed by atoms with E-state index in [1.54, 1.807) is 4.31 Å². The molecule has 1 saturated heterocycles. The smallest absolute Gasteiger partial charge is 0.224 e. The number of nitrogens with one attached hydrogen (secondary N) is 1. The maximum absolute atomic E-state index is 12.4. The van der Waals surface area contributed by atoms with Gasteiger partial charge in [0.1, 0.15) is 0 Å². The molecule has 37 heavy (non-hydrogen) atoms. The van der Waals surface area contributed by atoms with Crippen molar-refractivity contribution in [3.05, 3.63) is 29.8 Å². The van der Waals surface area contributed by atoms with Gasteiger partial charge in [-0.05, 0) is 69.2 Å². The average molecular weight is 558 g/mol. The van der Waals surface area contributed by atoms with Crippen LogP contribution in [0.3, 0.4) is 0 Å². The Morgan fingerprint density at radius 2 is 1.70 bits per heavy atom. The van der Waals surface area contributed by atoms with E-state index in [9.17, 15) is 13.2 Å². The van der Waals surface area contributed by atoms with Crippen molar-refractivity contribution in [1.29, 1.82) is 0 Å². The molecule has 0 aliphatic carbocycles. The van der Waals surface area contributed by atoms with Gasteiger partial charge in [0.15, 0.2) is 0 Å². The molecule has 1 amide bonds. The molecule has 0 aromatic heterocycles. The van der Waals surface area contributed by atoms with Gasteiger partial charge in [-0.15, -0.1) is 12.4 Å². The number of rotatable bonds is 17. The van der Waals surface area contributed by atoms with Crippen LogP contribution in [-0.4, -0.2) is 62.0 Å². The van der Waals surface area contributed by atoms with Crippen LogP contribution in [-0.2, 0) is 21.2 Å². The fraction of sp³-hybridized carbons (Fsp3) is 0.759. The first-order chi connectivity index (χ1) is 17.2.